The van der Waals surface area contributed by atoms with Crippen LogP contribution in [0.15, 0.2) is 38.5 Å². The van der Waals surface area contributed by atoms with E-state index in [4.69, 9.17) is 10.2 Å². The Balaban J connectivity index is 2.14. The zero-order valence-electron chi connectivity index (χ0n) is 10.7. The van der Waals surface area contributed by atoms with Crippen molar-refractivity contribution in [2.75, 3.05) is 0 Å². The summed E-state index contributed by atoms with van der Waals surface area (Å²) in [7, 11) is 0. The molecule has 0 bridgehead atoms. The summed E-state index contributed by atoms with van der Waals surface area (Å²) < 4.78 is 7.94. The molecule has 2 N–H and O–H groups in total. The molecule has 1 atom stereocenters. The summed E-state index contributed by atoms with van der Waals surface area (Å²) in [6, 6.07) is 8.11. The fourth-order valence-corrected chi connectivity index (χ4v) is 4.07. The van der Waals surface area contributed by atoms with Crippen molar-refractivity contribution in [2.24, 2.45) is 5.73 Å². The quantitative estimate of drug-likeness (QED) is 0.721. The standard InChI is InChI=1S/C15H14BrNOS/c1-8-6-11(9(2)18-8)14(17)12-7-19-15-10(12)4-3-5-13(15)16/h3-7,14H,17H2,1-2H3. The maximum Gasteiger partial charge on any atom is 0.106 e. The lowest BCUT2D eigenvalue weighted by molar-refractivity contribution is 0.500. The van der Waals surface area contributed by atoms with Gasteiger partial charge < -0.3 is 10.2 Å². The molecule has 0 aliphatic heterocycles. The van der Waals surface area contributed by atoms with Crippen LogP contribution >= 0.6 is 27.3 Å². The minimum Gasteiger partial charge on any atom is -0.466 e. The molecule has 0 amide bonds. The Morgan fingerprint density at radius 2 is 2.05 bits per heavy atom. The van der Waals surface area contributed by atoms with E-state index >= 15 is 0 Å². The molecule has 2 heterocycles. The van der Waals surface area contributed by atoms with Crippen molar-refractivity contribution in [2.45, 2.75) is 19.9 Å². The van der Waals surface area contributed by atoms with E-state index in [1.54, 1.807) is 11.3 Å². The molecular formula is C15H14BrNOS. The highest BCUT2D eigenvalue weighted by molar-refractivity contribution is 9.10. The van der Waals surface area contributed by atoms with Crippen molar-refractivity contribution in [1.29, 1.82) is 0 Å². The molecule has 0 saturated carbocycles. The summed E-state index contributed by atoms with van der Waals surface area (Å²) in [4.78, 5) is 0. The summed E-state index contributed by atoms with van der Waals surface area (Å²) in [6.45, 7) is 3.91. The van der Waals surface area contributed by atoms with E-state index in [-0.39, 0.29) is 6.04 Å². The van der Waals surface area contributed by atoms with Gasteiger partial charge in [0.25, 0.3) is 0 Å². The molecule has 0 aliphatic carbocycles. The van der Waals surface area contributed by atoms with Crippen molar-refractivity contribution in [1.82, 2.24) is 0 Å². The predicted octanol–water partition coefficient (Wildman–Crippen LogP) is 4.92. The zero-order chi connectivity index (χ0) is 13.6. The third-order valence-corrected chi connectivity index (χ3v) is 5.30. The normalized spacial score (nSPS) is 13.1. The molecule has 2 nitrogen and oxygen atoms in total. The fourth-order valence-electron chi connectivity index (χ4n) is 2.41. The Morgan fingerprint density at radius 3 is 2.74 bits per heavy atom. The molecule has 0 radical (unpaired) electrons. The number of nitrogens with two attached hydrogens (primary N) is 1. The smallest absolute Gasteiger partial charge is 0.106 e. The number of rotatable bonds is 2. The van der Waals surface area contributed by atoms with Gasteiger partial charge in [-0.1, -0.05) is 12.1 Å². The number of fused-ring (bicyclic) bond motifs is 1. The molecule has 2 aromatic heterocycles. The van der Waals surface area contributed by atoms with Crippen LogP contribution in [0.2, 0.25) is 0 Å². The number of hydrogen-bond donors (Lipinski definition) is 1. The van der Waals surface area contributed by atoms with E-state index < -0.39 is 0 Å². The van der Waals surface area contributed by atoms with Gasteiger partial charge in [-0.15, -0.1) is 11.3 Å². The van der Waals surface area contributed by atoms with E-state index in [2.05, 4.69) is 33.4 Å². The highest BCUT2D eigenvalue weighted by Crippen LogP contribution is 2.37. The van der Waals surface area contributed by atoms with Gasteiger partial charge in [0, 0.05) is 14.7 Å². The van der Waals surface area contributed by atoms with Crippen molar-refractivity contribution in [3.63, 3.8) is 0 Å². The minimum absolute atomic E-state index is 0.138. The monoisotopic (exact) mass is 335 g/mol. The molecule has 98 valence electrons. The predicted molar refractivity (Wildman–Crippen MR) is 83.7 cm³/mol. The molecule has 3 rings (SSSR count). The molecule has 0 spiro atoms. The maximum absolute atomic E-state index is 6.42. The summed E-state index contributed by atoms with van der Waals surface area (Å²) in [5, 5.41) is 3.35. The van der Waals surface area contributed by atoms with Crippen LogP contribution in [0.4, 0.5) is 0 Å². The van der Waals surface area contributed by atoms with Crippen LogP contribution in [-0.4, -0.2) is 0 Å². The van der Waals surface area contributed by atoms with Crippen LogP contribution in [0.1, 0.15) is 28.7 Å². The van der Waals surface area contributed by atoms with Crippen LogP contribution in [0.5, 0.6) is 0 Å². The summed E-state index contributed by atoms with van der Waals surface area (Å²) in [5.74, 6) is 1.81. The average Bonchev–Trinajstić information content (AvgIpc) is 2.93. The van der Waals surface area contributed by atoms with Gasteiger partial charge in [0.15, 0.2) is 0 Å². The van der Waals surface area contributed by atoms with E-state index in [1.807, 2.05) is 26.0 Å². The third-order valence-electron chi connectivity index (χ3n) is 3.33. The number of hydrogen-bond acceptors (Lipinski definition) is 3. The van der Waals surface area contributed by atoms with Crippen LogP contribution in [0.25, 0.3) is 10.1 Å². The molecular weight excluding hydrogens is 322 g/mol. The lowest BCUT2D eigenvalue weighted by atomic mass is 9.99. The van der Waals surface area contributed by atoms with Gasteiger partial charge in [-0.3, -0.25) is 0 Å². The second-order valence-corrected chi connectivity index (χ2v) is 6.39. The first kappa shape index (κ1) is 12.9. The number of halogens is 1. The maximum atomic E-state index is 6.42. The second-order valence-electron chi connectivity index (χ2n) is 4.65. The summed E-state index contributed by atoms with van der Waals surface area (Å²) in [6.07, 6.45) is 0. The van der Waals surface area contributed by atoms with Gasteiger partial charge in [0.2, 0.25) is 0 Å². The molecule has 0 aliphatic rings. The topological polar surface area (TPSA) is 39.2 Å². The van der Waals surface area contributed by atoms with Gasteiger partial charge in [-0.05, 0) is 58.2 Å². The van der Waals surface area contributed by atoms with Gasteiger partial charge >= 0.3 is 0 Å². The van der Waals surface area contributed by atoms with Crippen LogP contribution < -0.4 is 5.73 Å². The Morgan fingerprint density at radius 1 is 1.26 bits per heavy atom. The molecule has 1 unspecified atom stereocenters. The highest BCUT2D eigenvalue weighted by atomic mass is 79.9. The van der Waals surface area contributed by atoms with Crippen LogP contribution in [0.3, 0.4) is 0 Å². The summed E-state index contributed by atoms with van der Waals surface area (Å²) in [5.41, 5.74) is 8.65. The number of benzene rings is 1. The van der Waals surface area contributed by atoms with E-state index in [0.717, 1.165) is 27.1 Å². The molecule has 1 aromatic carbocycles. The van der Waals surface area contributed by atoms with Crippen LogP contribution in [-0.2, 0) is 0 Å². The first-order chi connectivity index (χ1) is 9.08. The molecule has 4 heteroatoms. The highest BCUT2D eigenvalue weighted by Gasteiger charge is 2.19. The van der Waals surface area contributed by atoms with Gasteiger partial charge in [0.05, 0.1) is 6.04 Å². The number of thiophene rings is 1. The Labute approximate surface area is 124 Å². The minimum atomic E-state index is -0.138. The van der Waals surface area contributed by atoms with Crippen molar-refractivity contribution in [3.05, 3.63) is 56.8 Å². The first-order valence-corrected chi connectivity index (χ1v) is 7.73. The largest absolute Gasteiger partial charge is 0.466 e. The Hall–Kier alpha value is -1.10. The first-order valence-electron chi connectivity index (χ1n) is 6.06. The Bertz CT molecular complexity index is 744. The Kier molecular flexibility index (Phi) is 3.25. The van der Waals surface area contributed by atoms with E-state index in [9.17, 15) is 0 Å². The van der Waals surface area contributed by atoms with E-state index in [1.165, 1.54) is 10.1 Å². The molecule has 0 fully saturated rings. The fraction of sp³-hybridized carbons (Fsp3) is 0.200. The SMILES string of the molecule is Cc1cc(C(N)c2csc3c(Br)cccc23)c(C)o1. The summed E-state index contributed by atoms with van der Waals surface area (Å²) >= 11 is 5.30. The van der Waals surface area contributed by atoms with Gasteiger partial charge in [0.1, 0.15) is 11.5 Å². The van der Waals surface area contributed by atoms with Crippen molar-refractivity contribution >= 4 is 37.4 Å². The van der Waals surface area contributed by atoms with Crippen LogP contribution in [0, 0.1) is 13.8 Å². The third kappa shape index (κ3) is 2.14. The molecule has 3 aromatic rings. The van der Waals surface area contributed by atoms with Crippen molar-refractivity contribution in [3.8, 4) is 0 Å². The zero-order valence-corrected chi connectivity index (χ0v) is 13.1. The van der Waals surface area contributed by atoms with Gasteiger partial charge in [-0.2, -0.15) is 0 Å². The molecule has 19 heavy (non-hydrogen) atoms. The van der Waals surface area contributed by atoms with Gasteiger partial charge in [-0.25, -0.2) is 0 Å². The number of furan rings is 1. The van der Waals surface area contributed by atoms with Crippen molar-refractivity contribution < 1.29 is 4.42 Å². The van der Waals surface area contributed by atoms with E-state index in [0.29, 0.717) is 0 Å². The number of aryl methyl sites for hydroxylation is 2. The molecule has 0 saturated heterocycles. The lowest BCUT2D eigenvalue weighted by Gasteiger charge is -2.10. The lowest BCUT2D eigenvalue weighted by Crippen LogP contribution is -2.11. The second kappa shape index (κ2) is 4.78. The average molecular weight is 336 g/mol.